The number of aromatic nitrogens is 2. The Bertz CT molecular complexity index is 1150. The Balaban J connectivity index is 1.63. The third kappa shape index (κ3) is 2.88. The lowest BCUT2D eigenvalue weighted by Gasteiger charge is -2.34. The molecular formula is C25H23N3. The van der Waals surface area contributed by atoms with E-state index in [1.165, 1.54) is 33.0 Å². The second kappa shape index (κ2) is 6.84. The van der Waals surface area contributed by atoms with Gasteiger partial charge in [0.05, 0.1) is 5.69 Å². The van der Waals surface area contributed by atoms with E-state index in [1.807, 2.05) is 12.1 Å². The monoisotopic (exact) mass is 365 g/mol. The van der Waals surface area contributed by atoms with E-state index in [2.05, 4.69) is 83.7 Å². The minimum absolute atomic E-state index is 0.384. The average molecular weight is 365 g/mol. The Morgan fingerprint density at radius 3 is 2.64 bits per heavy atom. The lowest BCUT2D eigenvalue weighted by Crippen LogP contribution is -2.31. The van der Waals surface area contributed by atoms with Crippen molar-refractivity contribution in [2.75, 3.05) is 13.6 Å². The van der Waals surface area contributed by atoms with Gasteiger partial charge in [0.25, 0.3) is 0 Å². The van der Waals surface area contributed by atoms with E-state index in [9.17, 15) is 0 Å². The topological polar surface area (TPSA) is 29.0 Å². The maximum atomic E-state index is 4.28. The third-order valence-electron chi connectivity index (χ3n) is 5.94. The van der Waals surface area contributed by atoms with Gasteiger partial charge in [-0.05, 0) is 65.2 Å². The molecule has 138 valence electrons. The summed E-state index contributed by atoms with van der Waals surface area (Å²) >= 11 is 0. The summed E-state index contributed by atoms with van der Waals surface area (Å²) in [5, 5.41) is 11.0. The fraction of sp³-hybridized carbons (Fsp3) is 0.200. The van der Waals surface area contributed by atoms with E-state index in [4.69, 9.17) is 0 Å². The predicted octanol–water partition coefficient (Wildman–Crippen LogP) is 5.18. The first-order valence-electron chi connectivity index (χ1n) is 9.78. The smallest absolute Gasteiger partial charge is 0.0929 e. The van der Waals surface area contributed by atoms with Crippen molar-refractivity contribution in [3.8, 4) is 11.3 Å². The molecule has 0 saturated carbocycles. The average Bonchev–Trinajstić information content (AvgIpc) is 2.74. The quantitative estimate of drug-likeness (QED) is 0.490. The van der Waals surface area contributed by atoms with Gasteiger partial charge < -0.3 is 4.90 Å². The molecule has 1 atom stereocenters. The minimum Gasteiger partial charge on any atom is -0.301 e. The van der Waals surface area contributed by atoms with E-state index in [1.54, 1.807) is 6.20 Å². The van der Waals surface area contributed by atoms with Crippen molar-refractivity contribution in [3.05, 3.63) is 95.2 Å². The normalized spacial score (nSPS) is 16.9. The van der Waals surface area contributed by atoms with Crippen molar-refractivity contribution in [2.45, 2.75) is 19.4 Å². The number of fused-ring (bicyclic) bond motifs is 2. The fourth-order valence-corrected chi connectivity index (χ4v) is 4.55. The zero-order chi connectivity index (χ0) is 19.1. The second-order valence-corrected chi connectivity index (χ2v) is 7.77. The Labute approximate surface area is 165 Å². The number of hydrogen-bond donors (Lipinski definition) is 0. The molecule has 0 spiro atoms. The van der Waals surface area contributed by atoms with Gasteiger partial charge in [-0.2, -0.15) is 10.2 Å². The maximum absolute atomic E-state index is 4.28. The van der Waals surface area contributed by atoms with Crippen LogP contribution in [-0.4, -0.2) is 28.7 Å². The van der Waals surface area contributed by atoms with Gasteiger partial charge in [0.15, 0.2) is 0 Å². The summed E-state index contributed by atoms with van der Waals surface area (Å²) in [4.78, 5) is 2.42. The van der Waals surface area contributed by atoms with Crippen LogP contribution < -0.4 is 0 Å². The first-order chi connectivity index (χ1) is 13.7. The Hall–Kier alpha value is -3.04. The van der Waals surface area contributed by atoms with Crippen molar-refractivity contribution in [2.24, 2.45) is 0 Å². The van der Waals surface area contributed by atoms with Crippen LogP contribution in [0.5, 0.6) is 0 Å². The molecule has 0 aliphatic carbocycles. The molecule has 1 aliphatic heterocycles. The van der Waals surface area contributed by atoms with Crippen molar-refractivity contribution in [1.82, 2.24) is 15.1 Å². The van der Waals surface area contributed by atoms with Crippen molar-refractivity contribution in [1.29, 1.82) is 0 Å². The largest absolute Gasteiger partial charge is 0.301 e. The highest BCUT2D eigenvalue weighted by atomic mass is 15.1. The number of aryl methyl sites for hydroxylation is 1. The lowest BCUT2D eigenvalue weighted by molar-refractivity contribution is 0.295. The van der Waals surface area contributed by atoms with Crippen LogP contribution in [0.2, 0.25) is 0 Å². The Morgan fingerprint density at radius 2 is 1.79 bits per heavy atom. The SMILES string of the molecule is Cc1c(C2CN(C)Cc3cc(-c4cccnn4)ccc32)ccc2ccccc12. The van der Waals surface area contributed by atoms with Gasteiger partial charge in [0.1, 0.15) is 0 Å². The molecule has 2 heterocycles. The predicted molar refractivity (Wildman–Crippen MR) is 114 cm³/mol. The summed E-state index contributed by atoms with van der Waals surface area (Å²) in [6, 6.07) is 24.0. The van der Waals surface area contributed by atoms with E-state index in [0.717, 1.165) is 24.3 Å². The molecule has 1 unspecified atom stereocenters. The van der Waals surface area contributed by atoms with E-state index in [-0.39, 0.29) is 0 Å². The summed E-state index contributed by atoms with van der Waals surface area (Å²) in [6.45, 7) is 4.27. The molecule has 3 nitrogen and oxygen atoms in total. The molecule has 3 aromatic carbocycles. The number of hydrogen-bond acceptors (Lipinski definition) is 3. The van der Waals surface area contributed by atoms with Gasteiger partial charge >= 0.3 is 0 Å². The van der Waals surface area contributed by atoms with Crippen molar-refractivity contribution >= 4 is 10.8 Å². The summed E-state index contributed by atoms with van der Waals surface area (Å²) in [5.41, 5.74) is 7.70. The first kappa shape index (κ1) is 17.1. The zero-order valence-electron chi connectivity index (χ0n) is 16.3. The highest BCUT2D eigenvalue weighted by molar-refractivity contribution is 5.87. The summed E-state index contributed by atoms with van der Waals surface area (Å²) in [7, 11) is 2.21. The molecule has 0 radical (unpaired) electrons. The molecule has 28 heavy (non-hydrogen) atoms. The first-order valence-corrected chi connectivity index (χ1v) is 9.78. The third-order valence-corrected chi connectivity index (χ3v) is 5.94. The molecular weight excluding hydrogens is 342 g/mol. The van der Waals surface area contributed by atoms with Crippen LogP contribution in [0.1, 0.15) is 28.2 Å². The second-order valence-electron chi connectivity index (χ2n) is 7.77. The van der Waals surface area contributed by atoms with E-state index < -0.39 is 0 Å². The van der Waals surface area contributed by atoms with Gasteiger partial charge in [-0.1, -0.05) is 48.5 Å². The van der Waals surface area contributed by atoms with Gasteiger partial charge in [0.2, 0.25) is 0 Å². The number of nitrogens with zero attached hydrogens (tertiary/aromatic N) is 3. The number of likely N-dealkylation sites (N-methyl/N-ethyl adjacent to an activating group) is 1. The molecule has 4 aromatic rings. The molecule has 0 bridgehead atoms. The Kier molecular flexibility index (Phi) is 4.18. The van der Waals surface area contributed by atoms with Crippen molar-refractivity contribution < 1.29 is 0 Å². The summed E-state index contributed by atoms with van der Waals surface area (Å²) in [6.07, 6.45) is 1.72. The van der Waals surface area contributed by atoms with Gasteiger partial charge in [-0.25, -0.2) is 0 Å². The molecule has 0 N–H and O–H groups in total. The van der Waals surface area contributed by atoms with Gasteiger partial charge in [0, 0.05) is 30.8 Å². The molecule has 0 fully saturated rings. The zero-order valence-corrected chi connectivity index (χ0v) is 16.3. The molecule has 0 amide bonds. The van der Waals surface area contributed by atoms with E-state index in [0.29, 0.717) is 5.92 Å². The molecule has 5 rings (SSSR count). The Morgan fingerprint density at radius 1 is 0.929 bits per heavy atom. The van der Waals surface area contributed by atoms with Crippen LogP contribution in [0, 0.1) is 6.92 Å². The van der Waals surface area contributed by atoms with Crippen LogP contribution in [0.15, 0.2) is 72.9 Å². The molecule has 3 heteroatoms. The van der Waals surface area contributed by atoms with E-state index >= 15 is 0 Å². The van der Waals surface area contributed by atoms with Crippen LogP contribution in [0.4, 0.5) is 0 Å². The summed E-state index contributed by atoms with van der Waals surface area (Å²) in [5.74, 6) is 0.384. The van der Waals surface area contributed by atoms with Gasteiger partial charge in [-0.3, -0.25) is 0 Å². The van der Waals surface area contributed by atoms with Crippen LogP contribution in [-0.2, 0) is 6.54 Å². The highest BCUT2D eigenvalue weighted by Gasteiger charge is 2.26. The number of benzene rings is 3. The van der Waals surface area contributed by atoms with Crippen LogP contribution in [0.3, 0.4) is 0 Å². The fourth-order valence-electron chi connectivity index (χ4n) is 4.55. The highest BCUT2D eigenvalue weighted by Crippen LogP contribution is 2.38. The van der Waals surface area contributed by atoms with Gasteiger partial charge in [-0.15, -0.1) is 0 Å². The standard InChI is InChI=1S/C25H23N3/c1-17-21-7-4-3-6-18(21)9-11-22(17)24-16-28(2)15-20-14-19(10-12-23(20)24)25-8-5-13-26-27-25/h3-14,24H,15-16H2,1-2H3. The van der Waals surface area contributed by atoms with Crippen molar-refractivity contribution in [3.63, 3.8) is 0 Å². The van der Waals surface area contributed by atoms with Crippen LogP contribution in [0.25, 0.3) is 22.0 Å². The molecule has 0 saturated heterocycles. The summed E-state index contributed by atoms with van der Waals surface area (Å²) < 4.78 is 0. The lowest BCUT2D eigenvalue weighted by atomic mass is 9.81. The maximum Gasteiger partial charge on any atom is 0.0929 e. The number of rotatable bonds is 2. The molecule has 1 aliphatic rings. The minimum atomic E-state index is 0.384. The molecule has 1 aromatic heterocycles. The van der Waals surface area contributed by atoms with Crippen LogP contribution >= 0.6 is 0 Å².